The lowest BCUT2D eigenvalue weighted by Crippen LogP contribution is -2.05. The van der Waals surface area contributed by atoms with Crippen molar-refractivity contribution in [2.45, 2.75) is 25.4 Å². The predicted molar refractivity (Wildman–Crippen MR) is 61.7 cm³/mol. The third-order valence-electron chi connectivity index (χ3n) is 2.87. The summed E-state index contributed by atoms with van der Waals surface area (Å²) in [5.41, 5.74) is 1.16. The average molecular weight is 241 g/mol. The fourth-order valence-electron chi connectivity index (χ4n) is 1.99. The lowest BCUT2D eigenvalue weighted by Gasteiger charge is -2.04. The summed E-state index contributed by atoms with van der Waals surface area (Å²) in [7, 11) is 0. The Kier molecular flexibility index (Phi) is 2.69. The van der Waals surface area contributed by atoms with Gasteiger partial charge in [0.15, 0.2) is 6.10 Å². The Balaban J connectivity index is 1.74. The van der Waals surface area contributed by atoms with Crippen LogP contribution in [0.1, 0.15) is 29.8 Å². The van der Waals surface area contributed by atoms with E-state index in [1.54, 1.807) is 0 Å². The maximum Gasteiger partial charge on any atom is 0.227 e. The number of ether oxygens (including phenoxy) is 1. The van der Waals surface area contributed by atoms with Crippen molar-refractivity contribution in [2.24, 2.45) is 0 Å². The summed E-state index contributed by atoms with van der Waals surface area (Å²) in [4.78, 5) is 4.26. The summed E-state index contributed by atoms with van der Waals surface area (Å²) < 4.78 is 10.8. The molecule has 5 heteroatoms. The largest absolute Gasteiger partial charge is 0.482 e. The van der Waals surface area contributed by atoms with Crippen LogP contribution in [-0.2, 0) is 12.8 Å². The van der Waals surface area contributed by atoms with Gasteiger partial charge in [0.2, 0.25) is 11.7 Å². The SMILES string of the molecule is N#CCCc1nc(C2Cc3ccccc3O2)no1. The first kappa shape index (κ1) is 10.8. The highest BCUT2D eigenvalue weighted by Gasteiger charge is 2.27. The zero-order chi connectivity index (χ0) is 12.4. The number of benzene rings is 1. The van der Waals surface area contributed by atoms with Crippen LogP contribution in [0.3, 0.4) is 0 Å². The molecule has 0 aliphatic carbocycles. The van der Waals surface area contributed by atoms with Crippen molar-refractivity contribution in [1.29, 1.82) is 5.26 Å². The van der Waals surface area contributed by atoms with Gasteiger partial charge in [-0.3, -0.25) is 0 Å². The minimum atomic E-state index is -0.179. The Morgan fingerprint density at radius 3 is 3.11 bits per heavy atom. The number of hydrogen-bond donors (Lipinski definition) is 0. The van der Waals surface area contributed by atoms with Crippen LogP contribution < -0.4 is 4.74 Å². The van der Waals surface area contributed by atoms with Gasteiger partial charge < -0.3 is 9.26 Å². The van der Waals surface area contributed by atoms with Crippen LogP contribution in [0.5, 0.6) is 5.75 Å². The molecule has 0 fully saturated rings. The molecule has 0 radical (unpaired) electrons. The Bertz CT molecular complexity index is 575. The van der Waals surface area contributed by atoms with Gasteiger partial charge in [-0.15, -0.1) is 0 Å². The molecule has 2 aromatic rings. The lowest BCUT2D eigenvalue weighted by molar-refractivity contribution is 0.221. The summed E-state index contributed by atoms with van der Waals surface area (Å²) in [6.45, 7) is 0. The minimum absolute atomic E-state index is 0.179. The number of rotatable bonds is 3. The fourth-order valence-corrected chi connectivity index (χ4v) is 1.99. The molecule has 1 atom stereocenters. The molecule has 1 aliphatic heterocycles. The van der Waals surface area contributed by atoms with E-state index in [0.717, 1.165) is 17.7 Å². The molecule has 1 aromatic carbocycles. The van der Waals surface area contributed by atoms with Crippen LogP contribution in [-0.4, -0.2) is 10.1 Å². The van der Waals surface area contributed by atoms with Crippen LogP contribution in [0, 0.1) is 11.3 Å². The van der Waals surface area contributed by atoms with Gasteiger partial charge in [-0.05, 0) is 11.6 Å². The lowest BCUT2D eigenvalue weighted by atomic mass is 10.1. The first-order valence-corrected chi connectivity index (χ1v) is 5.81. The highest BCUT2D eigenvalue weighted by molar-refractivity contribution is 5.37. The van der Waals surface area contributed by atoms with Crippen LogP contribution >= 0.6 is 0 Å². The fraction of sp³-hybridized carbons (Fsp3) is 0.308. The molecule has 0 spiro atoms. The maximum atomic E-state index is 8.50. The Morgan fingerprint density at radius 2 is 2.28 bits per heavy atom. The predicted octanol–water partition coefficient (Wildman–Crippen LogP) is 2.20. The molecule has 0 bridgehead atoms. The van der Waals surface area contributed by atoms with E-state index in [2.05, 4.69) is 16.2 Å². The highest BCUT2D eigenvalue weighted by atomic mass is 16.5. The first-order chi connectivity index (χ1) is 8.86. The molecule has 18 heavy (non-hydrogen) atoms. The second-order valence-corrected chi connectivity index (χ2v) is 4.12. The highest BCUT2D eigenvalue weighted by Crippen LogP contribution is 2.35. The van der Waals surface area contributed by atoms with E-state index in [0.29, 0.717) is 24.6 Å². The van der Waals surface area contributed by atoms with Crippen LogP contribution in [0.2, 0.25) is 0 Å². The normalized spacial score (nSPS) is 16.9. The molecule has 2 heterocycles. The summed E-state index contributed by atoms with van der Waals surface area (Å²) in [6.07, 6.45) is 1.45. The van der Waals surface area contributed by atoms with E-state index in [4.69, 9.17) is 14.5 Å². The van der Waals surface area contributed by atoms with E-state index >= 15 is 0 Å². The van der Waals surface area contributed by atoms with Crippen LogP contribution in [0.15, 0.2) is 28.8 Å². The summed E-state index contributed by atoms with van der Waals surface area (Å²) in [5.74, 6) is 1.93. The molecule has 90 valence electrons. The zero-order valence-corrected chi connectivity index (χ0v) is 9.67. The standard InChI is InChI=1S/C13H11N3O2/c14-7-3-6-12-15-13(16-18-12)11-8-9-4-1-2-5-10(9)17-11/h1-2,4-5,11H,3,6,8H2. The summed E-state index contributed by atoms with van der Waals surface area (Å²) >= 11 is 0. The van der Waals surface area contributed by atoms with Crippen molar-refractivity contribution in [3.63, 3.8) is 0 Å². The third kappa shape index (κ3) is 1.93. The molecule has 5 nitrogen and oxygen atoms in total. The molecule has 0 amide bonds. The molecule has 1 unspecified atom stereocenters. The molecular formula is C13H11N3O2. The number of nitriles is 1. The first-order valence-electron chi connectivity index (χ1n) is 5.81. The summed E-state index contributed by atoms with van der Waals surface area (Å²) in [5, 5.41) is 12.4. The molecule has 0 N–H and O–H groups in total. The Labute approximate surface area is 104 Å². The van der Waals surface area contributed by atoms with Crippen molar-refractivity contribution in [3.05, 3.63) is 41.5 Å². The number of para-hydroxylation sites is 1. The van der Waals surface area contributed by atoms with Gasteiger partial charge in [-0.25, -0.2) is 0 Å². The Morgan fingerprint density at radius 1 is 1.39 bits per heavy atom. The van der Waals surface area contributed by atoms with E-state index in [1.807, 2.05) is 24.3 Å². The van der Waals surface area contributed by atoms with Crippen molar-refractivity contribution in [1.82, 2.24) is 10.1 Å². The second-order valence-electron chi connectivity index (χ2n) is 4.12. The molecular weight excluding hydrogens is 230 g/mol. The van der Waals surface area contributed by atoms with Gasteiger partial charge in [0, 0.05) is 19.3 Å². The van der Waals surface area contributed by atoms with E-state index < -0.39 is 0 Å². The third-order valence-corrected chi connectivity index (χ3v) is 2.87. The van der Waals surface area contributed by atoms with Crippen molar-refractivity contribution in [2.75, 3.05) is 0 Å². The molecule has 1 aliphatic rings. The smallest absolute Gasteiger partial charge is 0.227 e. The van der Waals surface area contributed by atoms with Crippen LogP contribution in [0.25, 0.3) is 0 Å². The molecule has 0 saturated carbocycles. The minimum Gasteiger partial charge on any atom is -0.482 e. The monoisotopic (exact) mass is 241 g/mol. The molecule has 1 aromatic heterocycles. The summed E-state index contributed by atoms with van der Waals surface area (Å²) in [6, 6.07) is 9.95. The van der Waals surface area contributed by atoms with Crippen molar-refractivity contribution >= 4 is 0 Å². The number of nitrogens with zero attached hydrogens (tertiary/aromatic N) is 3. The quantitative estimate of drug-likeness (QED) is 0.823. The van der Waals surface area contributed by atoms with Crippen molar-refractivity contribution < 1.29 is 9.26 Å². The van der Waals surface area contributed by atoms with Gasteiger partial charge in [0.25, 0.3) is 0 Å². The molecule has 3 rings (SSSR count). The van der Waals surface area contributed by atoms with Gasteiger partial charge in [0.05, 0.1) is 6.07 Å². The van der Waals surface area contributed by atoms with E-state index in [9.17, 15) is 0 Å². The average Bonchev–Trinajstić information content (AvgIpc) is 3.02. The van der Waals surface area contributed by atoms with Crippen LogP contribution in [0.4, 0.5) is 0 Å². The Hall–Kier alpha value is -2.35. The van der Waals surface area contributed by atoms with Crippen molar-refractivity contribution in [3.8, 4) is 11.8 Å². The van der Waals surface area contributed by atoms with E-state index in [-0.39, 0.29) is 6.10 Å². The molecule has 0 saturated heterocycles. The maximum absolute atomic E-state index is 8.50. The van der Waals surface area contributed by atoms with Gasteiger partial charge in [0.1, 0.15) is 5.75 Å². The van der Waals surface area contributed by atoms with Gasteiger partial charge >= 0.3 is 0 Å². The number of hydrogen-bond acceptors (Lipinski definition) is 5. The topological polar surface area (TPSA) is 71.9 Å². The number of fused-ring (bicyclic) bond motifs is 1. The van der Waals surface area contributed by atoms with E-state index in [1.165, 1.54) is 0 Å². The number of aryl methyl sites for hydroxylation is 1. The van der Waals surface area contributed by atoms with Gasteiger partial charge in [-0.2, -0.15) is 10.2 Å². The number of aromatic nitrogens is 2. The zero-order valence-electron chi connectivity index (χ0n) is 9.67. The second kappa shape index (κ2) is 4.49. The van der Waals surface area contributed by atoms with Gasteiger partial charge in [-0.1, -0.05) is 23.4 Å².